The van der Waals surface area contributed by atoms with Gasteiger partial charge >= 0.3 is 0 Å². The molecular formula is C16H20N2O2. The van der Waals surface area contributed by atoms with Crippen molar-refractivity contribution < 1.29 is 9.90 Å². The Morgan fingerprint density at radius 1 is 1.45 bits per heavy atom. The Morgan fingerprint density at radius 2 is 2.25 bits per heavy atom. The first-order chi connectivity index (χ1) is 9.54. The highest BCUT2D eigenvalue weighted by Crippen LogP contribution is 2.20. The van der Waals surface area contributed by atoms with Gasteiger partial charge in [0.25, 0.3) is 0 Å². The summed E-state index contributed by atoms with van der Waals surface area (Å²) in [7, 11) is 0. The molecule has 1 fully saturated rings. The molecule has 0 radical (unpaired) electrons. The van der Waals surface area contributed by atoms with Gasteiger partial charge < -0.3 is 10.4 Å². The van der Waals surface area contributed by atoms with Crippen LogP contribution in [-0.4, -0.2) is 41.1 Å². The number of benzene rings is 1. The molecule has 2 rings (SSSR count). The molecule has 0 aromatic heterocycles. The summed E-state index contributed by atoms with van der Waals surface area (Å²) in [5, 5.41) is 11.6. The van der Waals surface area contributed by atoms with Crippen LogP contribution in [0.15, 0.2) is 24.3 Å². The maximum atomic E-state index is 11.9. The molecule has 106 valence electrons. The molecule has 4 heteroatoms. The summed E-state index contributed by atoms with van der Waals surface area (Å²) in [5.74, 6) is 5.62. The molecule has 0 bridgehead atoms. The number of hydrogen-bond donors (Lipinski definition) is 2. The minimum absolute atomic E-state index is 0.0694. The van der Waals surface area contributed by atoms with Crippen LogP contribution in [0.25, 0.3) is 0 Å². The van der Waals surface area contributed by atoms with Crippen molar-refractivity contribution in [2.24, 2.45) is 0 Å². The maximum absolute atomic E-state index is 11.9. The number of amides is 1. The minimum Gasteiger partial charge on any atom is -0.384 e. The highest BCUT2D eigenvalue weighted by molar-refractivity contribution is 5.86. The van der Waals surface area contributed by atoms with E-state index in [9.17, 15) is 4.79 Å². The van der Waals surface area contributed by atoms with E-state index in [-0.39, 0.29) is 12.5 Å². The average molecular weight is 272 g/mol. The van der Waals surface area contributed by atoms with Crippen LogP contribution in [0.3, 0.4) is 0 Å². The standard InChI is InChI=1S/C16H20N2O2/c1-16(2)15(20)17-8-9-18(16)12-14-6-3-5-13(11-14)7-4-10-19/h3,5-6,11,19H,8-10,12H2,1-2H3,(H,17,20). The third-order valence-electron chi connectivity index (χ3n) is 3.63. The predicted molar refractivity (Wildman–Crippen MR) is 77.9 cm³/mol. The van der Waals surface area contributed by atoms with Crippen molar-refractivity contribution >= 4 is 5.91 Å². The largest absolute Gasteiger partial charge is 0.384 e. The van der Waals surface area contributed by atoms with Gasteiger partial charge in [-0.05, 0) is 31.5 Å². The molecule has 1 aromatic rings. The lowest BCUT2D eigenvalue weighted by molar-refractivity contribution is -0.135. The van der Waals surface area contributed by atoms with Crippen molar-refractivity contribution in [2.45, 2.75) is 25.9 Å². The van der Waals surface area contributed by atoms with Crippen molar-refractivity contribution in [1.29, 1.82) is 0 Å². The molecule has 0 aliphatic carbocycles. The molecule has 0 atom stereocenters. The summed E-state index contributed by atoms with van der Waals surface area (Å²) in [6, 6.07) is 7.91. The van der Waals surface area contributed by atoms with Crippen LogP contribution in [0.2, 0.25) is 0 Å². The minimum atomic E-state index is -0.495. The first-order valence-electron chi connectivity index (χ1n) is 6.76. The topological polar surface area (TPSA) is 52.6 Å². The number of carbonyl (C=O) groups is 1. The lowest BCUT2D eigenvalue weighted by Gasteiger charge is -2.41. The fourth-order valence-electron chi connectivity index (χ4n) is 2.33. The SMILES string of the molecule is CC1(C)C(=O)NCCN1Cc1cccc(C#CCO)c1. The second-order valence-corrected chi connectivity index (χ2v) is 5.40. The number of nitrogens with zero attached hydrogens (tertiary/aromatic N) is 1. The summed E-state index contributed by atoms with van der Waals surface area (Å²) < 4.78 is 0. The number of rotatable bonds is 2. The Bertz CT molecular complexity index is 555. The lowest BCUT2D eigenvalue weighted by atomic mass is 9.97. The van der Waals surface area contributed by atoms with E-state index in [0.717, 1.165) is 24.2 Å². The summed E-state index contributed by atoms with van der Waals surface area (Å²) in [4.78, 5) is 14.1. The van der Waals surface area contributed by atoms with Gasteiger partial charge in [0.2, 0.25) is 5.91 Å². The highest BCUT2D eigenvalue weighted by Gasteiger charge is 2.37. The number of aliphatic hydroxyl groups is 1. The van der Waals surface area contributed by atoms with E-state index in [1.807, 2.05) is 38.1 Å². The maximum Gasteiger partial charge on any atom is 0.240 e. The van der Waals surface area contributed by atoms with Crippen LogP contribution < -0.4 is 5.32 Å². The Kier molecular flexibility index (Phi) is 4.43. The smallest absolute Gasteiger partial charge is 0.240 e. The van der Waals surface area contributed by atoms with Crippen molar-refractivity contribution in [2.75, 3.05) is 19.7 Å². The zero-order valence-corrected chi connectivity index (χ0v) is 11.9. The van der Waals surface area contributed by atoms with E-state index >= 15 is 0 Å². The molecular weight excluding hydrogens is 252 g/mol. The zero-order valence-electron chi connectivity index (χ0n) is 11.9. The molecule has 0 spiro atoms. The molecule has 2 N–H and O–H groups in total. The second kappa shape index (κ2) is 6.08. The van der Waals surface area contributed by atoms with Gasteiger partial charge in [-0.3, -0.25) is 9.69 Å². The van der Waals surface area contributed by atoms with E-state index in [1.54, 1.807) is 0 Å². The van der Waals surface area contributed by atoms with Gasteiger partial charge in [-0.2, -0.15) is 0 Å². The third kappa shape index (κ3) is 3.19. The number of piperazine rings is 1. The van der Waals surface area contributed by atoms with Gasteiger partial charge in [0.15, 0.2) is 0 Å². The summed E-state index contributed by atoms with van der Waals surface area (Å²) in [6.07, 6.45) is 0. The van der Waals surface area contributed by atoms with Gasteiger partial charge in [0, 0.05) is 25.2 Å². The summed E-state index contributed by atoms with van der Waals surface area (Å²) in [5.41, 5.74) is 1.51. The van der Waals surface area contributed by atoms with Gasteiger partial charge in [0.05, 0.1) is 5.54 Å². The third-order valence-corrected chi connectivity index (χ3v) is 3.63. The zero-order chi connectivity index (χ0) is 14.6. The van der Waals surface area contributed by atoms with E-state index < -0.39 is 5.54 Å². The highest BCUT2D eigenvalue weighted by atomic mass is 16.2. The predicted octanol–water partition coefficient (Wildman–Crippen LogP) is 0.741. The van der Waals surface area contributed by atoms with Gasteiger partial charge in [0.1, 0.15) is 6.61 Å². The van der Waals surface area contributed by atoms with E-state index in [4.69, 9.17) is 5.11 Å². The number of nitrogens with one attached hydrogen (secondary N) is 1. The second-order valence-electron chi connectivity index (χ2n) is 5.40. The molecule has 1 aliphatic rings. The normalized spacial score (nSPS) is 18.1. The van der Waals surface area contributed by atoms with Crippen LogP contribution in [0.5, 0.6) is 0 Å². The average Bonchev–Trinajstić information content (AvgIpc) is 2.43. The van der Waals surface area contributed by atoms with Crippen molar-refractivity contribution in [1.82, 2.24) is 10.2 Å². The molecule has 4 nitrogen and oxygen atoms in total. The molecule has 1 aromatic carbocycles. The van der Waals surface area contributed by atoms with Crippen LogP contribution >= 0.6 is 0 Å². The molecule has 1 aliphatic heterocycles. The van der Waals surface area contributed by atoms with Gasteiger partial charge in [-0.25, -0.2) is 0 Å². The Morgan fingerprint density at radius 3 is 3.00 bits per heavy atom. The number of hydrogen-bond acceptors (Lipinski definition) is 3. The van der Waals surface area contributed by atoms with E-state index in [2.05, 4.69) is 22.1 Å². The summed E-state index contributed by atoms with van der Waals surface area (Å²) >= 11 is 0. The van der Waals surface area contributed by atoms with Gasteiger partial charge in [-0.1, -0.05) is 24.0 Å². The Labute approximate surface area is 119 Å². The molecule has 20 heavy (non-hydrogen) atoms. The first-order valence-corrected chi connectivity index (χ1v) is 6.76. The molecule has 0 unspecified atom stereocenters. The molecule has 0 saturated carbocycles. The summed E-state index contributed by atoms with van der Waals surface area (Å²) in [6.45, 7) is 5.99. The number of aliphatic hydroxyl groups excluding tert-OH is 1. The first kappa shape index (κ1) is 14.6. The van der Waals surface area contributed by atoms with Crippen LogP contribution in [0.1, 0.15) is 25.0 Å². The van der Waals surface area contributed by atoms with Crippen molar-refractivity contribution in [3.63, 3.8) is 0 Å². The quantitative estimate of drug-likeness (QED) is 0.781. The fraction of sp³-hybridized carbons (Fsp3) is 0.438. The Hall–Kier alpha value is -1.83. The van der Waals surface area contributed by atoms with Crippen molar-refractivity contribution in [3.8, 4) is 11.8 Å². The van der Waals surface area contributed by atoms with E-state index in [1.165, 1.54) is 0 Å². The van der Waals surface area contributed by atoms with Gasteiger partial charge in [-0.15, -0.1) is 0 Å². The Balaban J connectivity index is 2.15. The van der Waals surface area contributed by atoms with Crippen LogP contribution in [0.4, 0.5) is 0 Å². The van der Waals surface area contributed by atoms with Crippen LogP contribution in [0, 0.1) is 11.8 Å². The molecule has 1 saturated heterocycles. The van der Waals surface area contributed by atoms with Crippen molar-refractivity contribution in [3.05, 3.63) is 35.4 Å². The molecule has 1 heterocycles. The van der Waals surface area contributed by atoms with Crippen LogP contribution in [-0.2, 0) is 11.3 Å². The van der Waals surface area contributed by atoms with E-state index in [0.29, 0.717) is 6.54 Å². The lowest BCUT2D eigenvalue weighted by Crippen LogP contribution is -2.61. The fourth-order valence-corrected chi connectivity index (χ4v) is 2.33. The number of carbonyl (C=O) groups excluding carboxylic acids is 1. The molecule has 1 amide bonds. The monoisotopic (exact) mass is 272 g/mol.